The number of anilines is 1. The van der Waals surface area contributed by atoms with E-state index in [2.05, 4.69) is 17.0 Å². The molecule has 2 unspecified atom stereocenters. The molecule has 1 aliphatic carbocycles. The Labute approximate surface area is 152 Å². The zero-order valence-electron chi connectivity index (χ0n) is 14.5. The van der Waals surface area contributed by atoms with Gasteiger partial charge in [-0.15, -0.1) is 0 Å². The molecular weight excluding hydrogens is 330 g/mol. The fourth-order valence-corrected chi connectivity index (χ4v) is 3.74. The molecule has 4 rings (SSSR count). The van der Waals surface area contributed by atoms with Gasteiger partial charge in [-0.05, 0) is 30.0 Å². The first-order chi connectivity index (χ1) is 12.6. The second kappa shape index (κ2) is 6.78. The van der Waals surface area contributed by atoms with Gasteiger partial charge in [0, 0.05) is 49.9 Å². The Hall–Kier alpha value is -2.89. The minimum absolute atomic E-state index is 0.100. The first kappa shape index (κ1) is 16.6. The number of amides is 1. The Morgan fingerprint density at radius 1 is 0.962 bits per heavy atom. The molecule has 0 bridgehead atoms. The maximum absolute atomic E-state index is 12.7. The molecule has 1 heterocycles. The molecule has 1 amide bonds. The fourth-order valence-electron chi connectivity index (χ4n) is 3.74. The summed E-state index contributed by atoms with van der Waals surface area (Å²) in [6, 6.07) is 16.9. The van der Waals surface area contributed by atoms with Gasteiger partial charge in [0.05, 0.1) is 4.92 Å². The molecule has 1 aliphatic heterocycles. The van der Waals surface area contributed by atoms with Gasteiger partial charge in [-0.3, -0.25) is 14.9 Å². The van der Waals surface area contributed by atoms with Gasteiger partial charge in [0.15, 0.2) is 0 Å². The molecule has 1 saturated carbocycles. The molecule has 26 heavy (non-hydrogen) atoms. The molecule has 6 heteroatoms. The number of hydrogen-bond donors (Lipinski definition) is 0. The number of hydrogen-bond acceptors (Lipinski definition) is 4. The molecular formula is C20H21N3O3. The van der Waals surface area contributed by atoms with Crippen LogP contribution in [-0.4, -0.2) is 41.9 Å². The average molecular weight is 351 g/mol. The van der Waals surface area contributed by atoms with Crippen LogP contribution >= 0.6 is 0 Å². The van der Waals surface area contributed by atoms with Crippen LogP contribution in [0.25, 0.3) is 0 Å². The first-order valence-corrected chi connectivity index (χ1v) is 8.96. The van der Waals surface area contributed by atoms with E-state index in [-0.39, 0.29) is 22.4 Å². The molecule has 0 aromatic heterocycles. The van der Waals surface area contributed by atoms with Crippen molar-refractivity contribution in [3.8, 4) is 0 Å². The van der Waals surface area contributed by atoms with E-state index in [0.717, 1.165) is 25.2 Å². The van der Waals surface area contributed by atoms with Crippen molar-refractivity contribution in [2.75, 3.05) is 31.1 Å². The molecule has 2 aromatic rings. The summed E-state index contributed by atoms with van der Waals surface area (Å²) in [5.41, 5.74) is 2.33. The maximum Gasteiger partial charge on any atom is 0.269 e. The Morgan fingerprint density at radius 3 is 2.23 bits per heavy atom. The van der Waals surface area contributed by atoms with Crippen LogP contribution in [0.4, 0.5) is 11.4 Å². The lowest BCUT2D eigenvalue weighted by Gasteiger charge is -2.36. The van der Waals surface area contributed by atoms with Crippen LogP contribution in [0.1, 0.15) is 17.9 Å². The summed E-state index contributed by atoms with van der Waals surface area (Å²) in [5.74, 6) is 0.766. The fraction of sp³-hybridized carbons (Fsp3) is 0.350. The third kappa shape index (κ3) is 3.27. The molecule has 134 valence electrons. The number of nitro groups is 1. The molecule has 0 spiro atoms. The lowest BCUT2D eigenvalue weighted by atomic mass is 10.1. The average Bonchev–Trinajstić information content (AvgIpc) is 3.49. The van der Waals surface area contributed by atoms with Gasteiger partial charge in [0.2, 0.25) is 5.91 Å². The third-order valence-corrected chi connectivity index (χ3v) is 5.35. The SMILES string of the molecule is O=C(C1CC1c1ccccc1)N1CCN(c2ccc([N+](=O)[O-])cc2)CC1. The van der Waals surface area contributed by atoms with Crippen LogP contribution in [0.2, 0.25) is 0 Å². The number of carbonyl (C=O) groups excluding carboxylic acids is 1. The number of rotatable bonds is 4. The van der Waals surface area contributed by atoms with Crippen molar-refractivity contribution >= 4 is 17.3 Å². The second-order valence-corrected chi connectivity index (χ2v) is 6.95. The second-order valence-electron chi connectivity index (χ2n) is 6.95. The van der Waals surface area contributed by atoms with E-state index < -0.39 is 0 Å². The van der Waals surface area contributed by atoms with Gasteiger partial charge in [0.1, 0.15) is 0 Å². The van der Waals surface area contributed by atoms with Crippen molar-refractivity contribution in [3.63, 3.8) is 0 Å². The van der Waals surface area contributed by atoms with Gasteiger partial charge >= 0.3 is 0 Å². The van der Waals surface area contributed by atoms with E-state index in [1.807, 2.05) is 23.1 Å². The predicted octanol–water partition coefficient (Wildman–Crippen LogP) is 3.05. The molecule has 2 aromatic carbocycles. The highest BCUT2D eigenvalue weighted by molar-refractivity contribution is 5.83. The zero-order valence-corrected chi connectivity index (χ0v) is 14.5. The van der Waals surface area contributed by atoms with Crippen molar-refractivity contribution in [1.29, 1.82) is 0 Å². The Bertz CT molecular complexity index is 799. The number of non-ortho nitro benzene ring substituents is 1. The van der Waals surface area contributed by atoms with Crippen molar-refractivity contribution in [2.24, 2.45) is 5.92 Å². The predicted molar refractivity (Wildman–Crippen MR) is 99.2 cm³/mol. The summed E-state index contributed by atoms with van der Waals surface area (Å²) in [6.45, 7) is 2.92. The number of piperazine rings is 1. The van der Waals surface area contributed by atoms with Gasteiger partial charge in [-0.25, -0.2) is 0 Å². The van der Waals surface area contributed by atoms with Crippen molar-refractivity contribution < 1.29 is 9.72 Å². The van der Waals surface area contributed by atoms with E-state index in [0.29, 0.717) is 19.0 Å². The minimum atomic E-state index is -0.390. The van der Waals surface area contributed by atoms with Crippen LogP contribution < -0.4 is 4.90 Å². The van der Waals surface area contributed by atoms with Crippen molar-refractivity contribution in [3.05, 3.63) is 70.3 Å². The number of nitro benzene ring substituents is 1. The lowest BCUT2D eigenvalue weighted by molar-refractivity contribution is -0.384. The van der Waals surface area contributed by atoms with Crippen molar-refractivity contribution in [2.45, 2.75) is 12.3 Å². The van der Waals surface area contributed by atoms with Gasteiger partial charge in [-0.1, -0.05) is 30.3 Å². The summed E-state index contributed by atoms with van der Waals surface area (Å²) < 4.78 is 0. The Kier molecular flexibility index (Phi) is 4.32. The first-order valence-electron chi connectivity index (χ1n) is 8.96. The smallest absolute Gasteiger partial charge is 0.269 e. The summed E-state index contributed by atoms with van der Waals surface area (Å²) >= 11 is 0. The molecule has 2 aliphatic rings. The summed E-state index contributed by atoms with van der Waals surface area (Å²) in [4.78, 5) is 27.2. The van der Waals surface area contributed by atoms with Crippen LogP contribution in [-0.2, 0) is 4.79 Å². The topological polar surface area (TPSA) is 66.7 Å². The lowest BCUT2D eigenvalue weighted by Crippen LogP contribution is -2.49. The quantitative estimate of drug-likeness (QED) is 0.627. The molecule has 2 atom stereocenters. The third-order valence-electron chi connectivity index (χ3n) is 5.35. The normalized spacial score (nSPS) is 22.2. The Balaban J connectivity index is 1.32. The van der Waals surface area contributed by atoms with Crippen LogP contribution in [0, 0.1) is 16.0 Å². The standard InChI is InChI=1S/C20H21N3O3/c24-20(19-14-18(19)15-4-2-1-3-5-15)22-12-10-21(11-13-22)16-6-8-17(9-7-16)23(25)26/h1-9,18-19H,10-14H2. The Morgan fingerprint density at radius 2 is 1.62 bits per heavy atom. The van der Waals surface area contributed by atoms with Gasteiger partial charge in [0.25, 0.3) is 5.69 Å². The highest BCUT2D eigenvalue weighted by atomic mass is 16.6. The van der Waals surface area contributed by atoms with E-state index in [1.165, 1.54) is 17.7 Å². The highest BCUT2D eigenvalue weighted by Crippen LogP contribution is 2.48. The molecule has 2 fully saturated rings. The van der Waals surface area contributed by atoms with E-state index >= 15 is 0 Å². The molecule has 1 saturated heterocycles. The van der Waals surface area contributed by atoms with Crippen LogP contribution in [0.5, 0.6) is 0 Å². The summed E-state index contributed by atoms with van der Waals surface area (Å²) in [6.07, 6.45) is 0.950. The number of nitrogens with zero attached hydrogens (tertiary/aromatic N) is 3. The maximum atomic E-state index is 12.7. The molecule has 6 nitrogen and oxygen atoms in total. The minimum Gasteiger partial charge on any atom is -0.368 e. The van der Waals surface area contributed by atoms with Crippen LogP contribution in [0.15, 0.2) is 54.6 Å². The van der Waals surface area contributed by atoms with Gasteiger partial charge < -0.3 is 9.80 Å². The summed E-state index contributed by atoms with van der Waals surface area (Å²) in [7, 11) is 0. The zero-order chi connectivity index (χ0) is 18.1. The van der Waals surface area contributed by atoms with Gasteiger partial charge in [-0.2, -0.15) is 0 Å². The van der Waals surface area contributed by atoms with E-state index in [9.17, 15) is 14.9 Å². The molecule has 0 radical (unpaired) electrons. The summed E-state index contributed by atoms with van der Waals surface area (Å²) in [5, 5.41) is 10.8. The van der Waals surface area contributed by atoms with Crippen molar-refractivity contribution in [1.82, 2.24) is 4.90 Å². The monoisotopic (exact) mass is 351 g/mol. The van der Waals surface area contributed by atoms with Crippen LogP contribution in [0.3, 0.4) is 0 Å². The number of benzene rings is 2. The van der Waals surface area contributed by atoms with E-state index in [4.69, 9.17) is 0 Å². The van der Waals surface area contributed by atoms with E-state index in [1.54, 1.807) is 12.1 Å². The molecule has 0 N–H and O–H groups in total. The largest absolute Gasteiger partial charge is 0.368 e. The number of carbonyl (C=O) groups is 1. The highest BCUT2D eigenvalue weighted by Gasteiger charge is 2.45.